The summed E-state index contributed by atoms with van der Waals surface area (Å²) in [5, 5.41) is 2.52. The molecule has 0 spiro atoms. The summed E-state index contributed by atoms with van der Waals surface area (Å²) in [6.45, 7) is 4.80. The van der Waals surface area contributed by atoms with E-state index in [1.54, 1.807) is 0 Å². The molecule has 2 unspecified atom stereocenters. The van der Waals surface area contributed by atoms with Gasteiger partial charge in [0.05, 0.1) is 0 Å². The van der Waals surface area contributed by atoms with Crippen molar-refractivity contribution in [3.05, 3.63) is 246 Å². The minimum atomic E-state index is -0.307. The van der Waals surface area contributed by atoms with Gasteiger partial charge in [0.25, 0.3) is 0 Å². The number of nitrogens with zero attached hydrogens (tertiary/aromatic N) is 1. The average molecular weight is 728 g/mol. The highest BCUT2D eigenvalue weighted by molar-refractivity contribution is 5.97. The summed E-state index contributed by atoms with van der Waals surface area (Å²) < 4.78 is 0. The van der Waals surface area contributed by atoms with Gasteiger partial charge in [-0.05, 0) is 128 Å². The summed E-state index contributed by atoms with van der Waals surface area (Å²) in [6, 6.07) is 78.6. The van der Waals surface area contributed by atoms with Gasteiger partial charge in [-0.15, -0.1) is 0 Å². The zero-order valence-electron chi connectivity index (χ0n) is 32.2. The minimum Gasteiger partial charge on any atom is -0.310 e. The van der Waals surface area contributed by atoms with Crippen molar-refractivity contribution in [3.63, 3.8) is 0 Å². The number of anilines is 3. The second-order valence-electron chi connectivity index (χ2n) is 15.9. The SMILES string of the molecule is CC1(c2ccccc2)c2ccccc2-c2ccc(N(c3ccc(-c4cccc5ccccc45)cc3)c3ccc4c(c3)C(C)(c3ccccc3)c3ccccc3-4)cc21. The zero-order valence-corrected chi connectivity index (χ0v) is 32.2. The Kier molecular flexibility index (Phi) is 7.50. The van der Waals surface area contributed by atoms with Crippen molar-refractivity contribution in [2.45, 2.75) is 24.7 Å². The van der Waals surface area contributed by atoms with Crippen LogP contribution in [0, 0.1) is 0 Å². The van der Waals surface area contributed by atoms with Crippen LogP contribution in [0.15, 0.2) is 212 Å². The van der Waals surface area contributed by atoms with Crippen molar-refractivity contribution < 1.29 is 0 Å². The molecule has 0 N–H and O–H groups in total. The Labute approximate surface area is 335 Å². The maximum absolute atomic E-state index is 2.47. The molecule has 0 amide bonds. The highest BCUT2D eigenvalue weighted by Crippen LogP contribution is 2.56. The molecule has 2 atom stereocenters. The lowest BCUT2D eigenvalue weighted by Crippen LogP contribution is -2.23. The fourth-order valence-corrected chi connectivity index (χ4v) is 10.1. The van der Waals surface area contributed by atoms with Crippen LogP contribution < -0.4 is 4.90 Å². The van der Waals surface area contributed by atoms with Gasteiger partial charge in [-0.2, -0.15) is 0 Å². The fraction of sp³-hybridized carbons (Fsp3) is 0.0714. The first-order chi connectivity index (χ1) is 28.0. The van der Waals surface area contributed by atoms with Crippen LogP contribution in [0.3, 0.4) is 0 Å². The quantitative estimate of drug-likeness (QED) is 0.165. The van der Waals surface area contributed by atoms with Crippen LogP contribution in [0.4, 0.5) is 17.1 Å². The number of benzene rings is 9. The predicted molar refractivity (Wildman–Crippen MR) is 239 cm³/mol. The van der Waals surface area contributed by atoms with E-state index in [9.17, 15) is 0 Å². The van der Waals surface area contributed by atoms with Crippen LogP contribution in [0.1, 0.15) is 47.2 Å². The average Bonchev–Trinajstić information content (AvgIpc) is 3.70. The molecule has 2 aliphatic rings. The minimum absolute atomic E-state index is 0.307. The van der Waals surface area contributed by atoms with E-state index >= 15 is 0 Å². The summed E-state index contributed by atoms with van der Waals surface area (Å²) in [7, 11) is 0. The van der Waals surface area contributed by atoms with Gasteiger partial charge in [-0.3, -0.25) is 0 Å². The molecule has 9 aromatic rings. The Hall–Kier alpha value is -6.96. The Morgan fingerprint density at radius 1 is 0.316 bits per heavy atom. The monoisotopic (exact) mass is 727 g/mol. The summed E-state index contributed by atoms with van der Waals surface area (Å²) >= 11 is 0. The van der Waals surface area contributed by atoms with E-state index in [1.807, 2.05) is 0 Å². The second-order valence-corrected chi connectivity index (χ2v) is 15.9. The molecule has 0 saturated carbocycles. The summed E-state index contributed by atoms with van der Waals surface area (Å²) in [4.78, 5) is 2.47. The van der Waals surface area contributed by atoms with Crippen LogP contribution in [0.25, 0.3) is 44.2 Å². The maximum Gasteiger partial charge on any atom is 0.0465 e. The molecule has 1 heteroatoms. The normalized spacial score (nSPS) is 17.4. The second kappa shape index (κ2) is 12.8. The highest BCUT2D eigenvalue weighted by Gasteiger charge is 2.42. The molecule has 0 saturated heterocycles. The molecule has 57 heavy (non-hydrogen) atoms. The fourth-order valence-electron chi connectivity index (χ4n) is 10.1. The first-order valence-corrected chi connectivity index (χ1v) is 20.0. The third-order valence-electron chi connectivity index (χ3n) is 13.0. The van der Waals surface area contributed by atoms with Crippen molar-refractivity contribution in [2.24, 2.45) is 0 Å². The molecule has 0 bridgehead atoms. The van der Waals surface area contributed by atoms with E-state index in [4.69, 9.17) is 0 Å². The summed E-state index contributed by atoms with van der Waals surface area (Å²) in [5.41, 5.74) is 18.4. The van der Waals surface area contributed by atoms with Gasteiger partial charge >= 0.3 is 0 Å². The first kappa shape index (κ1) is 33.4. The molecule has 270 valence electrons. The van der Waals surface area contributed by atoms with Gasteiger partial charge < -0.3 is 4.90 Å². The lowest BCUT2D eigenvalue weighted by atomic mass is 9.74. The molecular formula is C56H41N. The summed E-state index contributed by atoms with van der Waals surface area (Å²) in [6.07, 6.45) is 0. The lowest BCUT2D eigenvalue weighted by molar-refractivity contribution is 0.713. The lowest BCUT2D eigenvalue weighted by Gasteiger charge is -2.32. The van der Waals surface area contributed by atoms with Crippen molar-refractivity contribution in [3.8, 4) is 33.4 Å². The smallest absolute Gasteiger partial charge is 0.0465 e. The van der Waals surface area contributed by atoms with E-state index in [1.165, 1.54) is 77.5 Å². The molecule has 0 radical (unpaired) electrons. The van der Waals surface area contributed by atoms with Crippen LogP contribution in [0.5, 0.6) is 0 Å². The maximum atomic E-state index is 2.47. The standard InChI is InChI=1S/C56H41N/c1-55(40-18-5-3-6-19-40)51-26-13-11-23-47(51)49-34-32-43(36-53(49)55)57(42-30-28-39(29-31-42)46-25-15-17-38-16-9-10-22-45(38)46)44-33-35-50-48-24-12-14-27-52(48)56(2,54(50)37-44)41-20-7-4-8-21-41/h3-37H,1-2H3. The van der Waals surface area contributed by atoms with Crippen LogP contribution in [-0.2, 0) is 10.8 Å². The van der Waals surface area contributed by atoms with Crippen LogP contribution >= 0.6 is 0 Å². The Morgan fingerprint density at radius 2 is 0.737 bits per heavy atom. The molecule has 1 nitrogen and oxygen atoms in total. The molecular weight excluding hydrogens is 687 g/mol. The highest BCUT2D eigenvalue weighted by atomic mass is 15.1. The third-order valence-corrected chi connectivity index (χ3v) is 13.0. The molecule has 0 aliphatic heterocycles. The van der Waals surface area contributed by atoms with Crippen LogP contribution in [-0.4, -0.2) is 0 Å². The predicted octanol–water partition coefficient (Wildman–Crippen LogP) is 14.6. The number of hydrogen-bond donors (Lipinski definition) is 0. The Balaban J connectivity index is 1.12. The molecule has 9 aromatic carbocycles. The van der Waals surface area contributed by atoms with Gasteiger partial charge in [0.1, 0.15) is 0 Å². The van der Waals surface area contributed by atoms with Gasteiger partial charge in [0, 0.05) is 27.9 Å². The molecule has 0 heterocycles. The molecule has 0 fully saturated rings. The van der Waals surface area contributed by atoms with E-state index < -0.39 is 0 Å². The summed E-state index contributed by atoms with van der Waals surface area (Å²) in [5.74, 6) is 0. The van der Waals surface area contributed by atoms with Gasteiger partial charge in [-0.25, -0.2) is 0 Å². The molecule has 11 rings (SSSR count). The van der Waals surface area contributed by atoms with Crippen molar-refractivity contribution in [1.29, 1.82) is 0 Å². The van der Waals surface area contributed by atoms with Crippen molar-refractivity contribution in [1.82, 2.24) is 0 Å². The first-order valence-electron chi connectivity index (χ1n) is 20.0. The van der Waals surface area contributed by atoms with E-state index in [0.29, 0.717) is 0 Å². The zero-order chi connectivity index (χ0) is 38.1. The number of fused-ring (bicyclic) bond motifs is 7. The number of rotatable bonds is 6. The third kappa shape index (κ3) is 4.95. The van der Waals surface area contributed by atoms with Gasteiger partial charge in [0.15, 0.2) is 0 Å². The van der Waals surface area contributed by atoms with Crippen molar-refractivity contribution in [2.75, 3.05) is 4.90 Å². The van der Waals surface area contributed by atoms with Crippen molar-refractivity contribution >= 4 is 27.8 Å². The Bertz CT molecular complexity index is 2830. The van der Waals surface area contributed by atoms with Gasteiger partial charge in [0.2, 0.25) is 0 Å². The van der Waals surface area contributed by atoms with E-state index in [0.717, 1.165) is 17.1 Å². The van der Waals surface area contributed by atoms with Crippen LogP contribution in [0.2, 0.25) is 0 Å². The van der Waals surface area contributed by atoms with E-state index in [2.05, 4.69) is 231 Å². The topological polar surface area (TPSA) is 3.24 Å². The number of hydrogen-bond acceptors (Lipinski definition) is 1. The molecule has 2 aliphatic carbocycles. The Morgan fingerprint density at radius 3 is 1.30 bits per heavy atom. The van der Waals surface area contributed by atoms with E-state index in [-0.39, 0.29) is 10.8 Å². The van der Waals surface area contributed by atoms with Gasteiger partial charge in [-0.1, -0.05) is 176 Å². The molecule has 0 aromatic heterocycles. The largest absolute Gasteiger partial charge is 0.310 e.